The van der Waals surface area contributed by atoms with Crippen molar-refractivity contribution in [2.75, 3.05) is 12.4 Å². The van der Waals surface area contributed by atoms with Crippen molar-refractivity contribution >= 4 is 63.5 Å². The van der Waals surface area contributed by atoms with Gasteiger partial charge in [-0.1, -0.05) is 23.9 Å². The van der Waals surface area contributed by atoms with Crippen molar-refractivity contribution in [3.8, 4) is 11.5 Å². The van der Waals surface area contributed by atoms with Crippen molar-refractivity contribution < 1.29 is 19.1 Å². The minimum absolute atomic E-state index is 0.171. The van der Waals surface area contributed by atoms with Crippen LogP contribution in [0.5, 0.6) is 11.5 Å². The van der Waals surface area contributed by atoms with Crippen molar-refractivity contribution in [2.24, 2.45) is 5.10 Å². The third-order valence-corrected chi connectivity index (χ3v) is 5.36. The van der Waals surface area contributed by atoms with E-state index < -0.39 is 5.97 Å². The molecule has 8 nitrogen and oxygen atoms in total. The second-order valence-corrected chi connectivity index (χ2v) is 8.12. The number of para-hydroxylation sites is 2. The monoisotopic (exact) mass is 538 g/mol. The molecule has 0 aliphatic rings. The van der Waals surface area contributed by atoms with Gasteiger partial charge in [-0.05, 0) is 59.3 Å². The van der Waals surface area contributed by atoms with Crippen molar-refractivity contribution in [1.82, 2.24) is 15.4 Å². The van der Waals surface area contributed by atoms with Gasteiger partial charge in [0, 0.05) is 6.92 Å². The number of fused-ring (bicyclic) bond motifs is 1. The van der Waals surface area contributed by atoms with E-state index in [-0.39, 0.29) is 11.7 Å². The molecule has 2 N–H and O–H groups in total. The molecular weight excluding hydrogens is 519 g/mol. The summed E-state index contributed by atoms with van der Waals surface area (Å²) in [5, 5.41) is 4.67. The minimum atomic E-state index is -0.426. The fraction of sp³-hybridized carbons (Fsp3) is 0.200. The van der Waals surface area contributed by atoms with Crippen LogP contribution in [0.2, 0.25) is 0 Å². The second-order valence-electron chi connectivity index (χ2n) is 6.00. The van der Waals surface area contributed by atoms with E-state index in [1.54, 1.807) is 12.1 Å². The van der Waals surface area contributed by atoms with Crippen LogP contribution in [0.3, 0.4) is 0 Å². The number of imidazole rings is 1. The normalized spacial score (nSPS) is 11.0. The van der Waals surface area contributed by atoms with Gasteiger partial charge in [0.05, 0.1) is 33.2 Å². The molecule has 0 radical (unpaired) electrons. The first kappa shape index (κ1) is 22.1. The Bertz CT molecular complexity index is 1070. The average Bonchev–Trinajstić information content (AvgIpc) is 3.12. The first-order valence-electron chi connectivity index (χ1n) is 9.00. The number of hydrazone groups is 1. The maximum atomic E-state index is 12.1. The highest BCUT2D eigenvalue weighted by atomic mass is 127. The topological polar surface area (TPSA) is 106 Å². The lowest BCUT2D eigenvalue weighted by atomic mass is 10.2. The molecule has 1 heterocycles. The van der Waals surface area contributed by atoms with E-state index in [1.807, 2.05) is 31.2 Å². The van der Waals surface area contributed by atoms with Gasteiger partial charge in [-0.2, -0.15) is 5.10 Å². The Hall–Kier alpha value is -2.60. The summed E-state index contributed by atoms with van der Waals surface area (Å²) in [5.74, 6) is 0.295. The number of carbonyl (C=O) groups excluding carboxylic acids is 2. The number of nitrogens with zero attached hydrogens (tertiary/aromatic N) is 2. The SMILES string of the molecule is CCOc1cc(/C=N\NC(=O)CSc2nc3ccccc3[nH]2)cc(I)c1OC(C)=O. The highest BCUT2D eigenvalue weighted by Gasteiger charge is 2.14. The van der Waals surface area contributed by atoms with E-state index in [4.69, 9.17) is 9.47 Å². The van der Waals surface area contributed by atoms with Crippen molar-refractivity contribution in [2.45, 2.75) is 19.0 Å². The van der Waals surface area contributed by atoms with Crippen LogP contribution < -0.4 is 14.9 Å². The number of benzene rings is 2. The summed E-state index contributed by atoms with van der Waals surface area (Å²) in [5.41, 5.74) is 4.97. The molecule has 1 aromatic heterocycles. The molecule has 156 valence electrons. The highest BCUT2D eigenvalue weighted by Crippen LogP contribution is 2.34. The molecule has 1 amide bonds. The molecule has 0 spiro atoms. The zero-order valence-corrected chi connectivity index (χ0v) is 19.2. The van der Waals surface area contributed by atoms with Crippen LogP contribution in [0.25, 0.3) is 11.0 Å². The number of thioether (sulfide) groups is 1. The molecular formula is C20H19IN4O4S. The minimum Gasteiger partial charge on any atom is -0.490 e. The van der Waals surface area contributed by atoms with Crippen LogP contribution >= 0.6 is 34.4 Å². The number of hydrogen-bond acceptors (Lipinski definition) is 7. The molecule has 10 heteroatoms. The molecule has 3 aromatic rings. The van der Waals surface area contributed by atoms with Gasteiger partial charge in [-0.3, -0.25) is 9.59 Å². The van der Waals surface area contributed by atoms with Gasteiger partial charge in [0.1, 0.15) is 0 Å². The summed E-state index contributed by atoms with van der Waals surface area (Å²) < 4.78 is 11.5. The van der Waals surface area contributed by atoms with Gasteiger partial charge in [-0.25, -0.2) is 10.4 Å². The fourth-order valence-corrected chi connectivity index (χ4v) is 3.92. The number of amides is 1. The number of rotatable bonds is 8. The number of ether oxygens (including phenoxy) is 2. The molecule has 0 saturated carbocycles. The molecule has 0 bridgehead atoms. The van der Waals surface area contributed by atoms with E-state index in [2.05, 4.69) is 43.1 Å². The lowest BCUT2D eigenvalue weighted by Gasteiger charge is -2.12. The van der Waals surface area contributed by atoms with E-state index in [0.717, 1.165) is 11.0 Å². The standard InChI is InChI=1S/C20H19IN4O4S/c1-3-28-17-9-13(8-14(21)19(17)29-12(2)26)10-22-25-18(27)11-30-20-23-15-6-4-5-7-16(15)24-20/h4-10H,3,11H2,1-2H3,(H,23,24)(H,25,27)/b22-10-. The van der Waals surface area contributed by atoms with Gasteiger partial charge in [-0.15, -0.1) is 0 Å². The van der Waals surface area contributed by atoms with Crippen LogP contribution in [-0.2, 0) is 9.59 Å². The third kappa shape index (κ3) is 5.95. The molecule has 0 unspecified atom stereocenters. The summed E-state index contributed by atoms with van der Waals surface area (Å²) in [6.07, 6.45) is 1.51. The molecule has 3 rings (SSSR count). The summed E-state index contributed by atoms with van der Waals surface area (Å²) in [7, 11) is 0. The molecule has 0 atom stereocenters. The predicted octanol–water partition coefficient (Wildman–Crippen LogP) is 3.73. The van der Waals surface area contributed by atoms with Crippen LogP contribution in [0.15, 0.2) is 46.7 Å². The predicted molar refractivity (Wildman–Crippen MR) is 124 cm³/mol. The van der Waals surface area contributed by atoms with Crippen LogP contribution in [0, 0.1) is 3.57 Å². The number of aromatic nitrogens is 2. The molecule has 0 aliphatic carbocycles. The van der Waals surface area contributed by atoms with Gasteiger partial charge < -0.3 is 14.5 Å². The fourth-order valence-electron chi connectivity index (χ4n) is 2.51. The summed E-state index contributed by atoms with van der Waals surface area (Å²) in [6.45, 7) is 3.59. The zero-order valence-electron chi connectivity index (χ0n) is 16.3. The Kier molecular flexibility index (Phi) is 7.69. The van der Waals surface area contributed by atoms with E-state index in [9.17, 15) is 9.59 Å². The Morgan fingerprint density at radius 2 is 2.13 bits per heavy atom. The maximum absolute atomic E-state index is 12.1. The lowest BCUT2D eigenvalue weighted by molar-refractivity contribution is -0.132. The van der Waals surface area contributed by atoms with Crippen molar-refractivity contribution in [1.29, 1.82) is 0 Å². The summed E-state index contributed by atoms with van der Waals surface area (Å²) in [4.78, 5) is 30.9. The number of carbonyl (C=O) groups is 2. The molecule has 30 heavy (non-hydrogen) atoms. The average molecular weight is 538 g/mol. The summed E-state index contributed by atoms with van der Waals surface area (Å²) in [6, 6.07) is 11.2. The lowest BCUT2D eigenvalue weighted by Crippen LogP contribution is -2.19. The smallest absolute Gasteiger partial charge is 0.308 e. The quantitative estimate of drug-likeness (QED) is 0.113. The highest BCUT2D eigenvalue weighted by molar-refractivity contribution is 14.1. The van der Waals surface area contributed by atoms with Crippen molar-refractivity contribution in [3.63, 3.8) is 0 Å². The Labute approximate surface area is 191 Å². The summed E-state index contributed by atoms with van der Waals surface area (Å²) >= 11 is 3.35. The van der Waals surface area contributed by atoms with Crippen LogP contribution in [0.1, 0.15) is 19.4 Å². The van der Waals surface area contributed by atoms with Gasteiger partial charge in [0.15, 0.2) is 16.7 Å². The van der Waals surface area contributed by atoms with Crippen LogP contribution in [-0.4, -0.2) is 40.4 Å². The first-order valence-corrected chi connectivity index (χ1v) is 11.1. The van der Waals surface area contributed by atoms with E-state index >= 15 is 0 Å². The van der Waals surface area contributed by atoms with E-state index in [0.29, 0.717) is 32.4 Å². The number of hydrogen-bond donors (Lipinski definition) is 2. The van der Waals surface area contributed by atoms with Gasteiger partial charge in [0.2, 0.25) is 0 Å². The Morgan fingerprint density at radius 3 is 2.87 bits per heavy atom. The first-order chi connectivity index (χ1) is 14.5. The Balaban J connectivity index is 1.59. The molecule has 0 saturated heterocycles. The molecule has 0 fully saturated rings. The number of halogens is 1. The maximum Gasteiger partial charge on any atom is 0.308 e. The number of aromatic amines is 1. The Morgan fingerprint density at radius 1 is 1.33 bits per heavy atom. The zero-order chi connectivity index (χ0) is 21.5. The second kappa shape index (κ2) is 10.4. The molecule has 0 aliphatic heterocycles. The van der Waals surface area contributed by atoms with Crippen LogP contribution in [0.4, 0.5) is 0 Å². The van der Waals surface area contributed by atoms with Gasteiger partial charge >= 0.3 is 5.97 Å². The largest absolute Gasteiger partial charge is 0.490 e. The van der Waals surface area contributed by atoms with E-state index in [1.165, 1.54) is 24.9 Å². The number of H-pyrrole nitrogens is 1. The third-order valence-electron chi connectivity index (χ3n) is 3.69. The number of nitrogens with one attached hydrogen (secondary N) is 2. The van der Waals surface area contributed by atoms with Gasteiger partial charge in [0.25, 0.3) is 5.91 Å². The molecule has 2 aromatic carbocycles. The number of esters is 1. The van der Waals surface area contributed by atoms with Crippen molar-refractivity contribution in [3.05, 3.63) is 45.5 Å².